The van der Waals surface area contributed by atoms with Gasteiger partial charge in [0, 0.05) is 6.07 Å². The summed E-state index contributed by atoms with van der Waals surface area (Å²) < 4.78 is 0. The minimum absolute atomic E-state index is 0.122. The average molecular weight is 346 g/mol. The van der Waals surface area contributed by atoms with Gasteiger partial charge in [-0.3, -0.25) is 5.10 Å². The van der Waals surface area contributed by atoms with Crippen molar-refractivity contribution in [3.05, 3.63) is 70.2 Å². The molecule has 23 heavy (non-hydrogen) atoms. The Hall–Kier alpha value is -1.97. The maximum Gasteiger partial charge on any atom is 0.148 e. The molecule has 0 aliphatic carbocycles. The molecule has 5 heteroatoms. The molecule has 1 aromatic heterocycles. The van der Waals surface area contributed by atoms with E-state index < -0.39 is 0 Å². The number of nitrogens with zero attached hydrogens (tertiary/aromatic N) is 1. The zero-order valence-electron chi connectivity index (χ0n) is 12.7. The van der Waals surface area contributed by atoms with Crippen molar-refractivity contribution in [2.45, 2.75) is 19.4 Å². The highest BCUT2D eigenvalue weighted by molar-refractivity contribution is 6.42. The first-order valence-corrected chi connectivity index (χ1v) is 8.25. The van der Waals surface area contributed by atoms with E-state index in [-0.39, 0.29) is 6.04 Å². The van der Waals surface area contributed by atoms with Crippen molar-refractivity contribution in [2.24, 2.45) is 0 Å². The van der Waals surface area contributed by atoms with Crippen molar-refractivity contribution in [1.29, 1.82) is 0 Å². The van der Waals surface area contributed by atoms with Gasteiger partial charge in [-0.1, -0.05) is 66.5 Å². The number of aromatic nitrogens is 2. The molecule has 2 N–H and O–H groups in total. The van der Waals surface area contributed by atoms with E-state index in [1.165, 1.54) is 0 Å². The summed E-state index contributed by atoms with van der Waals surface area (Å²) in [6, 6.07) is 17.9. The SMILES string of the molecule is CCC(Nc1cc(-c2ccccc2)[nH]n1)c1ccc(Cl)c(Cl)c1. The number of benzene rings is 2. The zero-order chi connectivity index (χ0) is 16.2. The van der Waals surface area contributed by atoms with Crippen LogP contribution in [0.15, 0.2) is 54.6 Å². The molecule has 0 radical (unpaired) electrons. The minimum Gasteiger partial charge on any atom is -0.362 e. The van der Waals surface area contributed by atoms with Crippen molar-refractivity contribution in [3.63, 3.8) is 0 Å². The Kier molecular flexibility index (Phi) is 4.89. The second-order valence-electron chi connectivity index (χ2n) is 5.31. The fourth-order valence-electron chi connectivity index (χ4n) is 2.49. The molecule has 0 bridgehead atoms. The van der Waals surface area contributed by atoms with Gasteiger partial charge in [-0.2, -0.15) is 5.10 Å². The van der Waals surface area contributed by atoms with Gasteiger partial charge >= 0.3 is 0 Å². The first-order valence-electron chi connectivity index (χ1n) is 7.49. The van der Waals surface area contributed by atoms with Crippen LogP contribution in [0.5, 0.6) is 0 Å². The van der Waals surface area contributed by atoms with Gasteiger partial charge in [-0.05, 0) is 29.7 Å². The van der Waals surface area contributed by atoms with Crippen LogP contribution in [0.2, 0.25) is 10.0 Å². The van der Waals surface area contributed by atoms with Crippen LogP contribution >= 0.6 is 23.2 Å². The average Bonchev–Trinajstić information content (AvgIpc) is 3.05. The summed E-state index contributed by atoms with van der Waals surface area (Å²) in [4.78, 5) is 0. The summed E-state index contributed by atoms with van der Waals surface area (Å²) in [6.07, 6.45) is 0.908. The number of hydrogen-bond donors (Lipinski definition) is 2. The molecule has 3 rings (SSSR count). The quantitative estimate of drug-likeness (QED) is 0.600. The zero-order valence-corrected chi connectivity index (χ0v) is 14.2. The standard InChI is InChI=1S/C18H17Cl2N3/c1-2-16(13-8-9-14(19)15(20)10-13)21-18-11-17(22-23-18)12-6-4-3-5-7-12/h3-11,16H,2H2,1H3,(H2,21,22,23). The van der Waals surface area contributed by atoms with Crippen LogP contribution < -0.4 is 5.32 Å². The first kappa shape index (κ1) is 15.9. The Labute approximate surface area is 145 Å². The van der Waals surface area contributed by atoms with E-state index in [4.69, 9.17) is 23.2 Å². The molecule has 0 spiro atoms. The molecule has 1 unspecified atom stereocenters. The van der Waals surface area contributed by atoms with E-state index in [1.54, 1.807) is 0 Å². The molecule has 0 aliphatic rings. The Bertz CT molecular complexity index is 784. The third-order valence-electron chi connectivity index (χ3n) is 3.74. The van der Waals surface area contributed by atoms with Gasteiger partial charge in [0.2, 0.25) is 0 Å². The molecular weight excluding hydrogens is 329 g/mol. The van der Waals surface area contributed by atoms with Gasteiger partial charge in [0.05, 0.1) is 21.8 Å². The Morgan fingerprint density at radius 2 is 1.83 bits per heavy atom. The second kappa shape index (κ2) is 7.07. The maximum atomic E-state index is 6.12. The van der Waals surface area contributed by atoms with Crippen molar-refractivity contribution in [3.8, 4) is 11.3 Å². The van der Waals surface area contributed by atoms with Crippen molar-refractivity contribution < 1.29 is 0 Å². The first-order chi connectivity index (χ1) is 11.2. The number of halogens is 2. The van der Waals surface area contributed by atoms with Crippen LogP contribution in [0.25, 0.3) is 11.3 Å². The number of anilines is 1. The topological polar surface area (TPSA) is 40.7 Å². The Morgan fingerprint density at radius 1 is 1.04 bits per heavy atom. The predicted molar refractivity (Wildman–Crippen MR) is 97.1 cm³/mol. The molecule has 3 nitrogen and oxygen atoms in total. The predicted octanol–water partition coefficient (Wildman–Crippen LogP) is 5.95. The van der Waals surface area contributed by atoms with Gasteiger partial charge in [0.15, 0.2) is 0 Å². The molecule has 0 aliphatic heterocycles. The van der Waals surface area contributed by atoms with Gasteiger partial charge < -0.3 is 5.32 Å². The molecule has 0 saturated carbocycles. The lowest BCUT2D eigenvalue weighted by Crippen LogP contribution is -2.09. The van der Waals surface area contributed by atoms with Gasteiger partial charge in [0.1, 0.15) is 5.82 Å². The third kappa shape index (κ3) is 3.69. The normalized spacial score (nSPS) is 12.1. The number of hydrogen-bond acceptors (Lipinski definition) is 2. The highest BCUT2D eigenvalue weighted by atomic mass is 35.5. The molecule has 1 heterocycles. The van der Waals surface area contributed by atoms with Crippen LogP contribution in [-0.4, -0.2) is 10.2 Å². The fourth-order valence-corrected chi connectivity index (χ4v) is 2.80. The molecule has 1 atom stereocenters. The lowest BCUT2D eigenvalue weighted by atomic mass is 10.0. The van der Waals surface area contributed by atoms with Crippen LogP contribution in [0.4, 0.5) is 5.82 Å². The largest absolute Gasteiger partial charge is 0.362 e. The molecule has 0 saturated heterocycles. The number of H-pyrrole nitrogens is 1. The highest BCUT2D eigenvalue weighted by Gasteiger charge is 2.13. The lowest BCUT2D eigenvalue weighted by molar-refractivity contribution is 0.743. The second-order valence-corrected chi connectivity index (χ2v) is 6.13. The van der Waals surface area contributed by atoms with Gasteiger partial charge in [-0.15, -0.1) is 0 Å². The summed E-state index contributed by atoms with van der Waals surface area (Å²) >= 11 is 12.1. The lowest BCUT2D eigenvalue weighted by Gasteiger charge is -2.17. The van der Waals surface area contributed by atoms with E-state index in [0.29, 0.717) is 10.0 Å². The molecule has 0 amide bonds. The van der Waals surface area contributed by atoms with Crippen LogP contribution in [0.3, 0.4) is 0 Å². The third-order valence-corrected chi connectivity index (χ3v) is 4.48. The molecule has 0 fully saturated rings. The monoisotopic (exact) mass is 345 g/mol. The molecule has 118 valence electrons. The van der Waals surface area contributed by atoms with E-state index >= 15 is 0 Å². The maximum absolute atomic E-state index is 6.12. The summed E-state index contributed by atoms with van der Waals surface area (Å²) in [7, 11) is 0. The van der Waals surface area contributed by atoms with E-state index in [9.17, 15) is 0 Å². The number of nitrogens with one attached hydrogen (secondary N) is 2. The molecular formula is C18H17Cl2N3. The van der Waals surface area contributed by atoms with Crippen molar-refractivity contribution in [2.75, 3.05) is 5.32 Å². The van der Waals surface area contributed by atoms with Gasteiger partial charge in [-0.25, -0.2) is 0 Å². The Morgan fingerprint density at radius 3 is 2.52 bits per heavy atom. The van der Waals surface area contributed by atoms with E-state index in [2.05, 4.69) is 22.4 Å². The minimum atomic E-state index is 0.122. The summed E-state index contributed by atoms with van der Waals surface area (Å²) in [5, 5.41) is 12.0. The summed E-state index contributed by atoms with van der Waals surface area (Å²) in [5.74, 6) is 0.807. The van der Waals surface area contributed by atoms with Crippen LogP contribution in [0, 0.1) is 0 Å². The number of rotatable bonds is 5. The van der Waals surface area contributed by atoms with E-state index in [1.807, 2.05) is 54.6 Å². The fraction of sp³-hybridized carbons (Fsp3) is 0.167. The smallest absolute Gasteiger partial charge is 0.148 e. The number of aromatic amines is 1. The molecule has 3 aromatic rings. The van der Waals surface area contributed by atoms with Crippen molar-refractivity contribution in [1.82, 2.24) is 10.2 Å². The Balaban J connectivity index is 1.79. The summed E-state index contributed by atoms with van der Waals surface area (Å²) in [5.41, 5.74) is 3.18. The highest BCUT2D eigenvalue weighted by Crippen LogP contribution is 2.29. The van der Waals surface area contributed by atoms with Crippen molar-refractivity contribution >= 4 is 29.0 Å². The van der Waals surface area contributed by atoms with E-state index in [0.717, 1.165) is 29.1 Å². The molecule has 2 aromatic carbocycles. The van der Waals surface area contributed by atoms with Crippen LogP contribution in [-0.2, 0) is 0 Å². The summed E-state index contributed by atoms with van der Waals surface area (Å²) in [6.45, 7) is 2.12. The van der Waals surface area contributed by atoms with Gasteiger partial charge in [0.25, 0.3) is 0 Å². The van der Waals surface area contributed by atoms with Crippen LogP contribution in [0.1, 0.15) is 24.9 Å².